The number of halogens is 1. The van der Waals surface area contributed by atoms with Gasteiger partial charge in [0.15, 0.2) is 12.8 Å². The molecule has 0 bridgehead atoms. The van der Waals surface area contributed by atoms with Crippen LogP contribution in [-0.4, -0.2) is 16.4 Å². The first-order valence-corrected chi connectivity index (χ1v) is 3.38. The van der Waals surface area contributed by atoms with Gasteiger partial charge in [0.1, 0.15) is 0 Å². The molecular formula is C8H8FN2O. The van der Waals surface area contributed by atoms with Crippen molar-refractivity contribution in [3.63, 3.8) is 0 Å². The molecule has 63 valence electrons. The maximum Gasteiger partial charge on any atom is 0.250 e. The zero-order valence-electron chi connectivity index (χ0n) is 6.89. The molecule has 0 aliphatic rings. The van der Waals surface area contributed by atoms with E-state index >= 15 is 0 Å². The fourth-order valence-corrected chi connectivity index (χ4v) is 0.688. The van der Waals surface area contributed by atoms with Crippen molar-refractivity contribution >= 4 is 0 Å². The van der Waals surface area contributed by atoms with Crippen molar-refractivity contribution in [3.05, 3.63) is 12.0 Å². The summed E-state index contributed by atoms with van der Waals surface area (Å²) >= 11 is 0. The number of hydrogen-bond acceptors (Lipinski definition) is 2. The van der Waals surface area contributed by atoms with E-state index in [0.29, 0.717) is 0 Å². The summed E-state index contributed by atoms with van der Waals surface area (Å²) in [7, 11) is 1.58. The summed E-state index contributed by atoms with van der Waals surface area (Å²) in [6.45, 7) is 1.86. The van der Waals surface area contributed by atoms with Gasteiger partial charge in [0, 0.05) is 7.05 Å². The lowest BCUT2D eigenvalue weighted by Crippen LogP contribution is -2.01. The molecule has 0 saturated heterocycles. The molecule has 1 heterocycles. The third-order valence-corrected chi connectivity index (χ3v) is 1.24. The predicted molar refractivity (Wildman–Crippen MR) is 40.9 cm³/mol. The van der Waals surface area contributed by atoms with Crippen molar-refractivity contribution < 1.29 is 9.13 Å². The largest absolute Gasteiger partial charge is 0.463 e. The van der Waals surface area contributed by atoms with Gasteiger partial charge in [-0.15, -0.1) is 5.92 Å². The molecule has 0 fully saturated rings. The zero-order chi connectivity index (χ0) is 8.97. The maximum absolute atomic E-state index is 12.7. The molecule has 12 heavy (non-hydrogen) atoms. The molecule has 0 aliphatic heterocycles. The molecule has 0 spiro atoms. The van der Waals surface area contributed by atoms with Crippen molar-refractivity contribution in [3.8, 4) is 17.7 Å². The highest BCUT2D eigenvalue weighted by molar-refractivity contribution is 5.11. The minimum absolute atomic E-state index is 0.0674. The van der Waals surface area contributed by atoms with Gasteiger partial charge in [-0.2, -0.15) is 9.49 Å². The highest BCUT2D eigenvalue weighted by atomic mass is 19.1. The first kappa shape index (κ1) is 8.60. The number of nitrogens with zero attached hydrogens (tertiary/aromatic N) is 2. The summed E-state index contributed by atoms with van der Waals surface area (Å²) in [6, 6.07) is 0. The lowest BCUT2D eigenvalue weighted by Gasteiger charge is -2.00. The smallest absolute Gasteiger partial charge is 0.250 e. The molecule has 1 aromatic heterocycles. The molecule has 1 aromatic rings. The Kier molecular flexibility index (Phi) is 2.70. The number of ether oxygens (including phenoxy) is 1. The van der Waals surface area contributed by atoms with E-state index < -0.39 is 5.82 Å². The van der Waals surface area contributed by atoms with Gasteiger partial charge in [0.2, 0.25) is 11.7 Å². The van der Waals surface area contributed by atoms with Gasteiger partial charge in [-0.25, -0.2) is 4.68 Å². The van der Waals surface area contributed by atoms with Crippen LogP contribution in [0.4, 0.5) is 4.39 Å². The van der Waals surface area contributed by atoms with E-state index in [9.17, 15) is 4.39 Å². The van der Waals surface area contributed by atoms with Crippen molar-refractivity contribution in [1.29, 1.82) is 0 Å². The molecule has 0 N–H and O–H groups in total. The van der Waals surface area contributed by atoms with Crippen LogP contribution in [0, 0.1) is 23.9 Å². The van der Waals surface area contributed by atoms with Crippen molar-refractivity contribution in [1.82, 2.24) is 9.78 Å². The second kappa shape index (κ2) is 3.77. The molecule has 0 amide bonds. The number of hydrogen-bond donors (Lipinski definition) is 0. The van der Waals surface area contributed by atoms with Gasteiger partial charge in [-0.3, -0.25) is 0 Å². The fourth-order valence-electron chi connectivity index (χ4n) is 0.688. The third kappa shape index (κ3) is 1.76. The van der Waals surface area contributed by atoms with E-state index in [-0.39, 0.29) is 12.5 Å². The van der Waals surface area contributed by atoms with E-state index in [1.54, 1.807) is 14.0 Å². The van der Waals surface area contributed by atoms with Gasteiger partial charge >= 0.3 is 0 Å². The van der Waals surface area contributed by atoms with Crippen LogP contribution in [0.2, 0.25) is 0 Å². The first-order chi connectivity index (χ1) is 5.75. The van der Waals surface area contributed by atoms with Crippen LogP contribution in [-0.2, 0) is 7.05 Å². The lowest BCUT2D eigenvalue weighted by atomic mass is 10.6. The number of rotatable bonds is 2. The van der Waals surface area contributed by atoms with Gasteiger partial charge in [0.05, 0.1) is 0 Å². The number of aryl methyl sites for hydroxylation is 1. The van der Waals surface area contributed by atoms with Crippen LogP contribution in [0.1, 0.15) is 6.92 Å². The molecule has 0 aliphatic carbocycles. The normalized spacial score (nSPS) is 8.92. The Bertz CT molecular complexity index is 302. The first-order valence-electron chi connectivity index (χ1n) is 3.38. The Morgan fingerprint density at radius 3 is 3.00 bits per heavy atom. The van der Waals surface area contributed by atoms with E-state index in [2.05, 4.69) is 23.1 Å². The molecule has 0 unspecified atom stereocenters. The van der Waals surface area contributed by atoms with Gasteiger partial charge < -0.3 is 4.74 Å². The second-order valence-corrected chi connectivity index (χ2v) is 2.07. The standard InChI is InChI=1S/C8H8FN2O/c1-3-4-5-12-8-7(9)6-10-11(8)2/h5H2,1-2H3. The van der Waals surface area contributed by atoms with Crippen molar-refractivity contribution in [2.75, 3.05) is 6.61 Å². The van der Waals surface area contributed by atoms with E-state index in [4.69, 9.17) is 4.74 Å². The minimum Gasteiger partial charge on any atom is -0.463 e. The Morgan fingerprint density at radius 1 is 1.75 bits per heavy atom. The molecule has 3 nitrogen and oxygen atoms in total. The average Bonchev–Trinajstić information content (AvgIpc) is 2.35. The third-order valence-electron chi connectivity index (χ3n) is 1.24. The van der Waals surface area contributed by atoms with Crippen LogP contribution in [0.15, 0.2) is 0 Å². The van der Waals surface area contributed by atoms with Crippen molar-refractivity contribution in [2.24, 2.45) is 7.05 Å². The van der Waals surface area contributed by atoms with E-state index in [1.165, 1.54) is 4.68 Å². The molecule has 4 heteroatoms. The van der Waals surface area contributed by atoms with E-state index in [0.717, 1.165) is 0 Å². The molecular weight excluding hydrogens is 159 g/mol. The molecule has 0 aromatic carbocycles. The summed E-state index contributed by atoms with van der Waals surface area (Å²) in [5, 5.41) is 3.54. The van der Waals surface area contributed by atoms with Gasteiger partial charge in [-0.1, -0.05) is 5.92 Å². The summed E-state index contributed by atoms with van der Waals surface area (Å²) in [4.78, 5) is 0. The Balaban J connectivity index is 2.65. The average molecular weight is 167 g/mol. The monoisotopic (exact) mass is 167 g/mol. The minimum atomic E-state index is -0.588. The maximum atomic E-state index is 12.7. The molecule has 1 rings (SSSR count). The molecule has 0 atom stereocenters. The van der Waals surface area contributed by atoms with Crippen molar-refractivity contribution in [2.45, 2.75) is 6.92 Å². The highest BCUT2D eigenvalue weighted by Gasteiger charge is 2.08. The van der Waals surface area contributed by atoms with E-state index in [1.807, 2.05) is 0 Å². The SMILES string of the molecule is CC#CCOc1c(F)[c]nn1C. The molecule has 0 saturated carbocycles. The Labute approximate surface area is 70.1 Å². The Morgan fingerprint density at radius 2 is 2.50 bits per heavy atom. The van der Waals surface area contributed by atoms with Gasteiger partial charge in [0.25, 0.3) is 0 Å². The topological polar surface area (TPSA) is 27.1 Å². The van der Waals surface area contributed by atoms with Crippen LogP contribution >= 0.6 is 0 Å². The second-order valence-electron chi connectivity index (χ2n) is 2.07. The number of aromatic nitrogens is 2. The quantitative estimate of drug-likeness (QED) is 0.608. The van der Waals surface area contributed by atoms with Crippen LogP contribution in [0.3, 0.4) is 0 Å². The van der Waals surface area contributed by atoms with Crippen LogP contribution < -0.4 is 4.74 Å². The lowest BCUT2D eigenvalue weighted by molar-refractivity contribution is 0.317. The molecule has 1 radical (unpaired) electrons. The van der Waals surface area contributed by atoms with Crippen LogP contribution in [0.5, 0.6) is 5.88 Å². The van der Waals surface area contributed by atoms with Gasteiger partial charge in [-0.05, 0) is 6.92 Å². The highest BCUT2D eigenvalue weighted by Crippen LogP contribution is 2.12. The zero-order valence-corrected chi connectivity index (χ0v) is 6.89. The summed E-state index contributed by atoms with van der Waals surface area (Å²) in [6.07, 6.45) is 2.14. The fraction of sp³-hybridized carbons (Fsp3) is 0.375. The summed E-state index contributed by atoms with van der Waals surface area (Å²) < 4.78 is 19.0. The van der Waals surface area contributed by atoms with Crippen LogP contribution in [0.25, 0.3) is 0 Å². The predicted octanol–water partition coefficient (Wildman–Crippen LogP) is 0.761. The Hall–Kier alpha value is -1.50. The summed E-state index contributed by atoms with van der Waals surface area (Å²) in [5.74, 6) is 4.76. The summed E-state index contributed by atoms with van der Waals surface area (Å²) in [5.41, 5.74) is 0.